The Balaban J connectivity index is 1.30. The van der Waals surface area contributed by atoms with Gasteiger partial charge in [-0.3, -0.25) is 9.48 Å². The first-order valence-corrected chi connectivity index (χ1v) is 9.99. The Labute approximate surface area is 183 Å². The molecule has 0 aliphatic carbocycles. The third-order valence-electron chi connectivity index (χ3n) is 4.51. The van der Waals surface area contributed by atoms with Gasteiger partial charge in [-0.1, -0.05) is 41.9 Å². The van der Waals surface area contributed by atoms with Crippen molar-refractivity contribution < 1.29 is 18.3 Å². The third-order valence-corrected chi connectivity index (χ3v) is 4.81. The highest BCUT2D eigenvalue weighted by Crippen LogP contribution is 2.26. The molecule has 0 aliphatic heterocycles. The highest BCUT2D eigenvalue weighted by Gasteiger charge is 2.13. The zero-order chi connectivity index (χ0) is 21.6. The number of rotatable bonds is 8. The van der Waals surface area contributed by atoms with E-state index in [-0.39, 0.29) is 17.4 Å². The smallest absolute Gasteiger partial charge is 0.291 e. The van der Waals surface area contributed by atoms with Crippen molar-refractivity contribution in [2.24, 2.45) is 0 Å². The number of nitrogens with zero attached hydrogens (tertiary/aromatic N) is 2. The van der Waals surface area contributed by atoms with Gasteiger partial charge < -0.3 is 14.5 Å². The molecule has 1 amide bonds. The number of hydrogen-bond donors (Lipinski definition) is 1. The van der Waals surface area contributed by atoms with E-state index in [2.05, 4.69) is 22.5 Å². The highest BCUT2D eigenvalue weighted by atomic mass is 35.5. The van der Waals surface area contributed by atoms with Crippen LogP contribution in [0.25, 0.3) is 0 Å². The van der Waals surface area contributed by atoms with Crippen molar-refractivity contribution in [1.29, 1.82) is 0 Å². The second kappa shape index (κ2) is 9.49. The number of hydrogen-bond acceptors (Lipinski definition) is 4. The van der Waals surface area contributed by atoms with Crippen LogP contribution >= 0.6 is 11.6 Å². The number of ether oxygens (including phenoxy) is 1. The van der Waals surface area contributed by atoms with Crippen molar-refractivity contribution in [2.75, 3.05) is 5.32 Å². The first kappa shape index (κ1) is 20.7. The summed E-state index contributed by atoms with van der Waals surface area (Å²) in [5.74, 6) is 0.0599. The predicted octanol–water partition coefficient (Wildman–Crippen LogP) is 5.34. The average Bonchev–Trinajstić information content (AvgIpc) is 3.42. The molecular formula is C23H19ClFN3O3. The van der Waals surface area contributed by atoms with Crippen molar-refractivity contribution >= 4 is 23.2 Å². The largest absolute Gasteiger partial charge is 0.484 e. The van der Waals surface area contributed by atoms with E-state index in [1.807, 2.05) is 18.2 Å². The lowest BCUT2D eigenvalue weighted by Gasteiger charge is -2.06. The van der Waals surface area contributed by atoms with Crippen LogP contribution in [0.2, 0.25) is 5.02 Å². The maximum Gasteiger partial charge on any atom is 0.291 e. The standard InChI is InChI=1S/C23H19ClFN3O3/c24-20-12-17(25)6-8-21(20)30-15-19-7-9-22(31-19)23(29)27-18-13-26-28(14-18)11-10-16-4-2-1-3-5-16/h1-9,12-14H,10-11,15H2,(H,27,29). The summed E-state index contributed by atoms with van der Waals surface area (Å²) in [6, 6.07) is 17.2. The number of carbonyl (C=O) groups excluding carboxylic acids is 1. The van der Waals surface area contributed by atoms with Gasteiger partial charge in [0.1, 0.15) is 23.9 Å². The summed E-state index contributed by atoms with van der Waals surface area (Å²) in [5, 5.41) is 7.19. The van der Waals surface area contributed by atoms with Gasteiger partial charge in [0.2, 0.25) is 0 Å². The Hall–Kier alpha value is -3.58. The van der Waals surface area contributed by atoms with Gasteiger partial charge >= 0.3 is 0 Å². The van der Waals surface area contributed by atoms with Gasteiger partial charge in [-0.15, -0.1) is 0 Å². The van der Waals surface area contributed by atoms with Crippen LogP contribution in [-0.4, -0.2) is 15.7 Å². The van der Waals surface area contributed by atoms with Gasteiger partial charge in [-0.2, -0.15) is 5.10 Å². The first-order valence-electron chi connectivity index (χ1n) is 9.61. The van der Waals surface area contributed by atoms with E-state index in [0.717, 1.165) is 12.5 Å². The van der Waals surface area contributed by atoms with Gasteiger partial charge in [-0.25, -0.2) is 4.39 Å². The number of anilines is 1. The average molecular weight is 440 g/mol. The molecule has 0 bridgehead atoms. The number of aromatic nitrogens is 2. The number of carbonyl (C=O) groups is 1. The minimum absolute atomic E-state index is 0.0516. The number of amides is 1. The summed E-state index contributed by atoms with van der Waals surface area (Å²) in [4.78, 5) is 12.4. The van der Waals surface area contributed by atoms with Crippen LogP contribution < -0.4 is 10.1 Å². The van der Waals surface area contributed by atoms with Gasteiger partial charge in [0.15, 0.2) is 5.76 Å². The molecule has 6 nitrogen and oxygen atoms in total. The first-order chi connectivity index (χ1) is 15.1. The minimum atomic E-state index is -0.447. The molecule has 2 aromatic heterocycles. The van der Waals surface area contributed by atoms with Crippen molar-refractivity contribution in [3.8, 4) is 5.75 Å². The molecule has 0 saturated heterocycles. The van der Waals surface area contributed by atoms with Crippen molar-refractivity contribution in [3.05, 3.63) is 101 Å². The molecule has 4 rings (SSSR count). The summed E-state index contributed by atoms with van der Waals surface area (Å²) in [6.45, 7) is 0.754. The molecule has 0 aliphatic rings. The van der Waals surface area contributed by atoms with Crippen molar-refractivity contribution in [1.82, 2.24) is 9.78 Å². The van der Waals surface area contributed by atoms with E-state index < -0.39 is 11.7 Å². The van der Waals surface area contributed by atoms with E-state index >= 15 is 0 Å². The van der Waals surface area contributed by atoms with Crippen LogP contribution in [0, 0.1) is 5.82 Å². The van der Waals surface area contributed by atoms with Gasteiger partial charge in [0.05, 0.1) is 16.9 Å². The number of furan rings is 1. The number of aryl methyl sites for hydroxylation is 2. The Kier molecular flexibility index (Phi) is 6.33. The van der Waals surface area contributed by atoms with E-state index in [0.29, 0.717) is 23.7 Å². The van der Waals surface area contributed by atoms with Crippen LogP contribution in [0.4, 0.5) is 10.1 Å². The molecule has 8 heteroatoms. The van der Waals surface area contributed by atoms with Crippen LogP contribution in [0.3, 0.4) is 0 Å². The lowest BCUT2D eigenvalue weighted by Crippen LogP contribution is -2.10. The summed E-state index contributed by atoms with van der Waals surface area (Å²) >= 11 is 5.93. The van der Waals surface area contributed by atoms with E-state index in [1.165, 1.54) is 17.7 Å². The van der Waals surface area contributed by atoms with Gasteiger partial charge in [-0.05, 0) is 42.3 Å². The minimum Gasteiger partial charge on any atom is -0.484 e. The summed E-state index contributed by atoms with van der Waals surface area (Å²) in [7, 11) is 0. The molecule has 1 N–H and O–H groups in total. The lowest BCUT2D eigenvalue weighted by molar-refractivity contribution is 0.0992. The van der Waals surface area contributed by atoms with E-state index in [9.17, 15) is 9.18 Å². The topological polar surface area (TPSA) is 69.3 Å². The normalized spacial score (nSPS) is 10.8. The van der Waals surface area contributed by atoms with Crippen LogP contribution in [0.1, 0.15) is 21.9 Å². The number of benzene rings is 2. The van der Waals surface area contributed by atoms with Crippen LogP contribution in [-0.2, 0) is 19.6 Å². The molecule has 0 saturated carbocycles. The fraction of sp³-hybridized carbons (Fsp3) is 0.130. The number of nitrogens with one attached hydrogen (secondary N) is 1. The van der Waals surface area contributed by atoms with E-state index in [4.69, 9.17) is 20.8 Å². The second-order valence-corrected chi connectivity index (χ2v) is 7.22. The van der Waals surface area contributed by atoms with Crippen LogP contribution in [0.5, 0.6) is 5.75 Å². The quantitative estimate of drug-likeness (QED) is 0.402. The maximum absolute atomic E-state index is 13.1. The molecule has 31 heavy (non-hydrogen) atoms. The predicted molar refractivity (Wildman–Crippen MR) is 115 cm³/mol. The molecule has 0 radical (unpaired) electrons. The Morgan fingerprint density at radius 2 is 2.00 bits per heavy atom. The number of halogens is 2. The zero-order valence-electron chi connectivity index (χ0n) is 16.4. The fourth-order valence-electron chi connectivity index (χ4n) is 2.95. The summed E-state index contributed by atoms with van der Waals surface area (Å²) < 4.78 is 25.9. The molecule has 0 fully saturated rings. The van der Waals surface area contributed by atoms with Crippen molar-refractivity contribution in [3.63, 3.8) is 0 Å². The molecule has 0 unspecified atom stereocenters. The SMILES string of the molecule is O=C(Nc1cnn(CCc2ccccc2)c1)c1ccc(COc2ccc(F)cc2Cl)o1. The summed E-state index contributed by atoms with van der Waals surface area (Å²) in [6.07, 6.45) is 4.20. The Morgan fingerprint density at radius 1 is 1.16 bits per heavy atom. The second-order valence-electron chi connectivity index (χ2n) is 6.81. The molecule has 4 aromatic rings. The van der Waals surface area contributed by atoms with E-state index in [1.54, 1.807) is 29.2 Å². The zero-order valence-corrected chi connectivity index (χ0v) is 17.2. The third kappa shape index (κ3) is 5.52. The Morgan fingerprint density at radius 3 is 2.81 bits per heavy atom. The van der Waals surface area contributed by atoms with Gasteiger partial charge in [0, 0.05) is 12.7 Å². The maximum atomic E-state index is 13.1. The molecular weight excluding hydrogens is 421 g/mol. The fourth-order valence-corrected chi connectivity index (χ4v) is 3.17. The molecule has 0 spiro atoms. The Bertz CT molecular complexity index is 1170. The molecule has 0 atom stereocenters. The molecule has 2 heterocycles. The van der Waals surface area contributed by atoms with Gasteiger partial charge in [0.25, 0.3) is 5.91 Å². The monoisotopic (exact) mass is 439 g/mol. The molecule has 158 valence electrons. The summed E-state index contributed by atoms with van der Waals surface area (Å²) in [5.41, 5.74) is 1.79. The lowest BCUT2D eigenvalue weighted by atomic mass is 10.1. The highest BCUT2D eigenvalue weighted by molar-refractivity contribution is 6.32. The van der Waals surface area contributed by atoms with Crippen LogP contribution in [0.15, 0.2) is 77.5 Å². The molecule has 2 aromatic carbocycles. The van der Waals surface area contributed by atoms with Crippen molar-refractivity contribution in [2.45, 2.75) is 19.6 Å².